The van der Waals surface area contributed by atoms with Crippen LogP contribution in [0, 0.1) is 6.92 Å². The number of halogens is 3. The summed E-state index contributed by atoms with van der Waals surface area (Å²) in [6.07, 6.45) is -1.26. The Labute approximate surface area is 188 Å². The summed E-state index contributed by atoms with van der Waals surface area (Å²) in [4.78, 5) is 26.1. The van der Waals surface area contributed by atoms with Gasteiger partial charge in [0.25, 0.3) is 0 Å². The number of fused-ring (bicyclic) bond motifs is 1. The monoisotopic (exact) mass is 458 g/mol. The van der Waals surface area contributed by atoms with Gasteiger partial charge in [0.15, 0.2) is 5.16 Å². The van der Waals surface area contributed by atoms with Crippen molar-refractivity contribution in [3.8, 4) is 0 Å². The Morgan fingerprint density at radius 1 is 1.03 bits per heavy atom. The maximum Gasteiger partial charge on any atom is 0.416 e. The third kappa shape index (κ3) is 5.53. The van der Waals surface area contributed by atoms with E-state index >= 15 is 0 Å². The highest BCUT2D eigenvalue weighted by Gasteiger charge is 2.34. The van der Waals surface area contributed by atoms with Crippen LogP contribution in [0.2, 0.25) is 0 Å². The molecule has 1 aliphatic heterocycles. The molecule has 0 atom stereocenters. The number of amides is 1. The lowest BCUT2D eigenvalue weighted by molar-refractivity contribution is -0.138. The first-order chi connectivity index (χ1) is 15.3. The van der Waals surface area contributed by atoms with Crippen molar-refractivity contribution < 1.29 is 18.0 Å². The fourth-order valence-corrected chi connectivity index (χ4v) is 3.84. The van der Waals surface area contributed by atoms with Crippen LogP contribution in [0.25, 0.3) is 0 Å². The van der Waals surface area contributed by atoms with E-state index in [9.17, 15) is 18.0 Å². The van der Waals surface area contributed by atoms with Crippen molar-refractivity contribution in [2.75, 3.05) is 5.32 Å². The van der Waals surface area contributed by atoms with Gasteiger partial charge >= 0.3 is 6.18 Å². The van der Waals surface area contributed by atoms with Crippen molar-refractivity contribution in [3.63, 3.8) is 0 Å². The molecule has 0 spiro atoms. The molecule has 0 radical (unpaired) electrons. The Hall–Kier alpha value is -3.20. The number of alkyl halides is 3. The third-order valence-electron chi connectivity index (χ3n) is 4.42. The molecule has 3 aromatic rings. The zero-order valence-corrected chi connectivity index (χ0v) is 18.5. The molecule has 0 aliphatic carbocycles. The van der Waals surface area contributed by atoms with Gasteiger partial charge in [0.05, 0.1) is 29.1 Å². The van der Waals surface area contributed by atoms with Crippen molar-refractivity contribution >= 4 is 34.8 Å². The summed E-state index contributed by atoms with van der Waals surface area (Å²) in [5.41, 5.74) is 0.785. The molecule has 1 aromatic heterocycles. The molecule has 2 heterocycles. The van der Waals surface area contributed by atoms with Gasteiger partial charge in [0.2, 0.25) is 5.91 Å². The number of aliphatic imine (C=N–C) groups is 1. The average molecular weight is 459 g/mol. The van der Waals surface area contributed by atoms with Gasteiger partial charge in [-0.25, -0.2) is 9.97 Å². The second-order valence-electron chi connectivity index (χ2n) is 6.63. The minimum atomic E-state index is -4.51. The zero-order chi connectivity index (χ0) is 23.3. The standard InChI is InChI=1S/C21H15F3N4OS.C2H6/c1-12-8-17-18(10-15(12)21(22,23)24)28-19(29)11-16(27-17)13-4-2-5-14(9-13)30-20-25-6-3-7-26-20;1-2/h2-10H,11H2,1H3,(H,28,29);1-2H3. The molecule has 32 heavy (non-hydrogen) atoms. The van der Waals surface area contributed by atoms with Crippen LogP contribution < -0.4 is 5.32 Å². The fraction of sp³-hybridized carbons (Fsp3) is 0.217. The normalized spacial score (nSPS) is 13.2. The Balaban J connectivity index is 0.00000141. The molecule has 2 aromatic carbocycles. The van der Waals surface area contributed by atoms with Crippen molar-refractivity contribution in [2.45, 2.75) is 43.4 Å². The summed E-state index contributed by atoms with van der Waals surface area (Å²) < 4.78 is 39.7. The molecule has 0 unspecified atom stereocenters. The minimum absolute atomic E-state index is 0.0473. The fourth-order valence-electron chi connectivity index (χ4n) is 3.07. The molecule has 0 saturated heterocycles. The zero-order valence-electron chi connectivity index (χ0n) is 17.7. The van der Waals surface area contributed by atoms with Crippen molar-refractivity contribution in [3.05, 3.63) is 71.5 Å². The molecule has 0 bridgehead atoms. The highest BCUT2D eigenvalue weighted by molar-refractivity contribution is 7.99. The van der Waals surface area contributed by atoms with E-state index in [1.54, 1.807) is 18.5 Å². The van der Waals surface area contributed by atoms with Crippen LogP contribution in [0.4, 0.5) is 24.5 Å². The van der Waals surface area contributed by atoms with E-state index in [4.69, 9.17) is 0 Å². The Bertz CT molecular complexity index is 1150. The minimum Gasteiger partial charge on any atom is -0.324 e. The van der Waals surface area contributed by atoms with Crippen molar-refractivity contribution in [1.82, 2.24) is 9.97 Å². The summed E-state index contributed by atoms with van der Waals surface area (Å²) in [5.74, 6) is -0.422. The number of aromatic nitrogens is 2. The number of anilines is 1. The van der Waals surface area contributed by atoms with Crippen LogP contribution in [0.1, 0.15) is 37.0 Å². The topological polar surface area (TPSA) is 67.2 Å². The molecule has 166 valence electrons. The largest absolute Gasteiger partial charge is 0.416 e. The number of carbonyl (C=O) groups is 1. The molecular formula is C23H21F3N4OS. The van der Waals surface area contributed by atoms with Crippen LogP contribution in [-0.2, 0) is 11.0 Å². The lowest BCUT2D eigenvalue weighted by Gasteiger charge is -2.13. The highest BCUT2D eigenvalue weighted by atomic mass is 32.2. The van der Waals surface area contributed by atoms with Crippen LogP contribution >= 0.6 is 11.8 Å². The van der Waals surface area contributed by atoms with Crippen LogP contribution in [0.5, 0.6) is 0 Å². The first kappa shape index (κ1) is 23.5. The summed E-state index contributed by atoms with van der Waals surface area (Å²) >= 11 is 1.36. The van der Waals surface area contributed by atoms with Gasteiger partial charge in [-0.15, -0.1) is 0 Å². The second-order valence-corrected chi connectivity index (χ2v) is 7.67. The third-order valence-corrected chi connectivity index (χ3v) is 5.31. The number of nitrogens with zero attached hydrogens (tertiary/aromatic N) is 3. The summed E-state index contributed by atoms with van der Waals surface area (Å²) in [7, 11) is 0. The van der Waals surface area contributed by atoms with E-state index in [1.807, 2.05) is 38.1 Å². The van der Waals surface area contributed by atoms with Crippen molar-refractivity contribution in [2.24, 2.45) is 4.99 Å². The predicted octanol–water partition coefficient (Wildman–Crippen LogP) is 6.44. The molecule has 4 rings (SSSR count). The van der Waals surface area contributed by atoms with E-state index in [-0.39, 0.29) is 17.7 Å². The van der Waals surface area contributed by atoms with E-state index in [2.05, 4.69) is 20.3 Å². The number of aryl methyl sites for hydroxylation is 1. The molecule has 1 aliphatic rings. The Morgan fingerprint density at radius 3 is 2.44 bits per heavy atom. The van der Waals surface area contributed by atoms with Crippen LogP contribution in [0.3, 0.4) is 0 Å². The van der Waals surface area contributed by atoms with Gasteiger partial charge in [-0.3, -0.25) is 9.79 Å². The number of hydrogen-bond donors (Lipinski definition) is 1. The summed E-state index contributed by atoms with van der Waals surface area (Å²) in [6.45, 7) is 5.38. The van der Waals surface area contributed by atoms with Gasteiger partial charge in [0, 0.05) is 17.3 Å². The van der Waals surface area contributed by atoms with E-state index in [1.165, 1.54) is 24.8 Å². The molecule has 9 heteroatoms. The number of hydrogen-bond acceptors (Lipinski definition) is 5. The first-order valence-corrected chi connectivity index (χ1v) is 10.8. The van der Waals surface area contributed by atoms with Crippen molar-refractivity contribution in [1.29, 1.82) is 0 Å². The Morgan fingerprint density at radius 2 is 1.75 bits per heavy atom. The van der Waals surface area contributed by atoms with E-state index in [0.29, 0.717) is 22.1 Å². The summed E-state index contributed by atoms with van der Waals surface area (Å²) in [5, 5.41) is 3.12. The molecule has 5 nitrogen and oxygen atoms in total. The lowest BCUT2D eigenvalue weighted by Crippen LogP contribution is -2.15. The van der Waals surface area contributed by atoms with Gasteiger partial charge in [-0.2, -0.15) is 13.2 Å². The van der Waals surface area contributed by atoms with Crippen LogP contribution in [-0.4, -0.2) is 21.6 Å². The molecular weight excluding hydrogens is 437 g/mol. The average Bonchev–Trinajstić information content (AvgIpc) is 2.92. The lowest BCUT2D eigenvalue weighted by atomic mass is 10.1. The first-order valence-electron chi connectivity index (χ1n) is 9.94. The summed E-state index contributed by atoms with van der Waals surface area (Å²) in [6, 6.07) is 11.4. The smallest absolute Gasteiger partial charge is 0.324 e. The Kier molecular flexibility index (Phi) is 7.29. The van der Waals surface area contributed by atoms with E-state index < -0.39 is 17.6 Å². The number of benzene rings is 2. The van der Waals surface area contributed by atoms with Crippen LogP contribution in [0.15, 0.2) is 69.9 Å². The number of nitrogens with one attached hydrogen (secondary N) is 1. The number of rotatable bonds is 3. The van der Waals surface area contributed by atoms with Gasteiger partial charge in [-0.05, 0) is 60.1 Å². The predicted molar refractivity (Wildman–Crippen MR) is 120 cm³/mol. The molecule has 1 N–H and O–H groups in total. The molecule has 0 saturated carbocycles. The van der Waals surface area contributed by atoms with Gasteiger partial charge in [-0.1, -0.05) is 26.0 Å². The quantitative estimate of drug-likeness (QED) is 0.459. The molecule has 0 fully saturated rings. The highest BCUT2D eigenvalue weighted by Crippen LogP contribution is 2.39. The van der Waals surface area contributed by atoms with E-state index in [0.717, 1.165) is 11.0 Å². The maximum atomic E-state index is 13.2. The SMILES string of the molecule is CC.Cc1cc2c(cc1C(F)(F)F)NC(=O)CC(c1cccc(Sc3ncccn3)c1)=N2. The molecule has 1 amide bonds. The maximum absolute atomic E-state index is 13.2. The van der Waals surface area contributed by atoms with Gasteiger partial charge in [0.1, 0.15) is 0 Å². The second kappa shape index (κ2) is 9.95. The van der Waals surface area contributed by atoms with Gasteiger partial charge < -0.3 is 5.32 Å². The number of carbonyl (C=O) groups excluding carboxylic acids is 1.